The van der Waals surface area contributed by atoms with E-state index in [1.54, 1.807) is 0 Å². The summed E-state index contributed by atoms with van der Waals surface area (Å²) in [5.41, 5.74) is 0. The van der Waals surface area contributed by atoms with E-state index in [4.69, 9.17) is 0 Å². The van der Waals surface area contributed by atoms with E-state index in [1.807, 2.05) is 7.05 Å². The Morgan fingerprint density at radius 2 is 1.74 bits per heavy atom. The van der Waals surface area contributed by atoms with E-state index in [9.17, 15) is 0 Å². The van der Waals surface area contributed by atoms with Crippen LogP contribution in [-0.2, 0) is 0 Å². The molecule has 4 aliphatic rings. The van der Waals surface area contributed by atoms with Crippen molar-refractivity contribution >= 4 is 5.96 Å². The maximum absolute atomic E-state index is 4.60. The highest BCUT2D eigenvalue weighted by Crippen LogP contribution is 2.44. The number of guanidine groups is 1. The lowest BCUT2D eigenvalue weighted by atomic mass is 9.85. The average molecular weight is 319 g/mol. The highest BCUT2D eigenvalue weighted by Gasteiger charge is 2.44. The number of hydrogen-bond acceptors (Lipinski definition) is 2. The molecule has 0 radical (unpaired) electrons. The molecule has 0 aromatic carbocycles. The van der Waals surface area contributed by atoms with Gasteiger partial charge in [0.15, 0.2) is 5.96 Å². The van der Waals surface area contributed by atoms with Crippen LogP contribution < -0.4 is 5.32 Å². The first-order chi connectivity index (χ1) is 11.3. The van der Waals surface area contributed by atoms with Crippen molar-refractivity contribution in [1.82, 2.24) is 15.1 Å². The zero-order valence-electron chi connectivity index (χ0n) is 14.8. The molecule has 3 atom stereocenters. The third-order valence-corrected chi connectivity index (χ3v) is 6.74. The third kappa shape index (κ3) is 3.52. The minimum atomic E-state index is 0.711. The monoisotopic (exact) mass is 318 g/mol. The van der Waals surface area contributed by atoms with Gasteiger partial charge in [-0.05, 0) is 50.6 Å². The molecule has 4 fully saturated rings. The normalized spacial score (nSPS) is 36.7. The molecule has 0 amide bonds. The molecule has 0 aromatic rings. The highest BCUT2D eigenvalue weighted by molar-refractivity contribution is 5.80. The van der Waals surface area contributed by atoms with Crippen LogP contribution in [0.15, 0.2) is 4.99 Å². The van der Waals surface area contributed by atoms with E-state index < -0.39 is 0 Å². The number of nitrogens with one attached hydrogen (secondary N) is 1. The van der Waals surface area contributed by atoms with Crippen molar-refractivity contribution < 1.29 is 0 Å². The Morgan fingerprint density at radius 3 is 2.48 bits per heavy atom. The van der Waals surface area contributed by atoms with Gasteiger partial charge in [0.1, 0.15) is 0 Å². The first-order valence-corrected chi connectivity index (χ1v) is 10.1. The van der Waals surface area contributed by atoms with Gasteiger partial charge >= 0.3 is 0 Å². The summed E-state index contributed by atoms with van der Waals surface area (Å²) in [6.07, 6.45) is 12.8. The van der Waals surface area contributed by atoms with Gasteiger partial charge < -0.3 is 10.2 Å². The van der Waals surface area contributed by atoms with Crippen LogP contribution in [0.4, 0.5) is 0 Å². The molecule has 0 aromatic heterocycles. The van der Waals surface area contributed by atoms with Gasteiger partial charge in [0, 0.05) is 32.2 Å². The van der Waals surface area contributed by atoms with Crippen molar-refractivity contribution in [3.63, 3.8) is 0 Å². The topological polar surface area (TPSA) is 30.9 Å². The number of nitrogens with zero attached hydrogens (tertiary/aromatic N) is 3. The molecule has 0 bridgehead atoms. The predicted molar refractivity (Wildman–Crippen MR) is 95.7 cm³/mol. The molecule has 2 saturated carbocycles. The highest BCUT2D eigenvalue weighted by atomic mass is 15.4. The van der Waals surface area contributed by atoms with Crippen LogP contribution >= 0.6 is 0 Å². The summed E-state index contributed by atoms with van der Waals surface area (Å²) in [5, 5.41) is 3.80. The van der Waals surface area contributed by atoms with E-state index in [-0.39, 0.29) is 0 Å². The van der Waals surface area contributed by atoms with Crippen molar-refractivity contribution in [2.75, 3.05) is 33.2 Å². The molecular formula is C19H34N4. The molecule has 23 heavy (non-hydrogen) atoms. The second kappa shape index (κ2) is 7.00. The van der Waals surface area contributed by atoms with Gasteiger partial charge in [0.05, 0.1) is 0 Å². The fourth-order valence-electron chi connectivity index (χ4n) is 5.27. The van der Waals surface area contributed by atoms with Gasteiger partial charge in [-0.25, -0.2) is 0 Å². The number of likely N-dealkylation sites (tertiary alicyclic amines) is 2. The van der Waals surface area contributed by atoms with Crippen LogP contribution in [0.1, 0.15) is 57.8 Å². The summed E-state index contributed by atoms with van der Waals surface area (Å²) >= 11 is 0. The van der Waals surface area contributed by atoms with Gasteiger partial charge in [-0.3, -0.25) is 9.89 Å². The molecule has 130 valence electrons. The maximum atomic E-state index is 4.60. The number of rotatable bonds is 3. The predicted octanol–water partition coefficient (Wildman–Crippen LogP) is 2.70. The Morgan fingerprint density at radius 1 is 0.957 bits per heavy atom. The van der Waals surface area contributed by atoms with E-state index >= 15 is 0 Å². The first-order valence-electron chi connectivity index (χ1n) is 10.1. The van der Waals surface area contributed by atoms with Crippen LogP contribution in [0.2, 0.25) is 0 Å². The lowest BCUT2D eigenvalue weighted by molar-refractivity contribution is 0.249. The quantitative estimate of drug-likeness (QED) is 0.641. The summed E-state index contributed by atoms with van der Waals surface area (Å²) in [4.78, 5) is 9.82. The molecule has 0 spiro atoms. The minimum absolute atomic E-state index is 0.711. The summed E-state index contributed by atoms with van der Waals surface area (Å²) in [5.74, 6) is 3.11. The maximum Gasteiger partial charge on any atom is 0.193 e. The molecule has 2 saturated heterocycles. The molecule has 1 N–H and O–H groups in total. The van der Waals surface area contributed by atoms with Crippen molar-refractivity contribution in [3.05, 3.63) is 0 Å². The van der Waals surface area contributed by atoms with Gasteiger partial charge in [-0.2, -0.15) is 0 Å². The lowest BCUT2D eigenvalue weighted by Gasteiger charge is -2.26. The lowest BCUT2D eigenvalue weighted by Crippen LogP contribution is -2.44. The zero-order valence-corrected chi connectivity index (χ0v) is 14.8. The molecule has 4 heteroatoms. The van der Waals surface area contributed by atoms with Gasteiger partial charge in [0.2, 0.25) is 0 Å². The molecular weight excluding hydrogens is 284 g/mol. The first kappa shape index (κ1) is 15.7. The van der Waals surface area contributed by atoms with Gasteiger partial charge in [0.25, 0.3) is 0 Å². The molecule has 4 nitrogen and oxygen atoms in total. The Bertz CT molecular complexity index is 423. The largest absolute Gasteiger partial charge is 0.353 e. The standard InChI is InChI=1S/C19H34N4/c1-20-19(21-18-13-17(18)15-7-3-2-4-8-15)23-12-9-16(14-23)22-10-5-6-11-22/h15-18H,2-14H2,1H3,(H,20,21). The zero-order chi connectivity index (χ0) is 15.6. The van der Waals surface area contributed by atoms with Crippen molar-refractivity contribution in [2.45, 2.75) is 69.9 Å². The van der Waals surface area contributed by atoms with Crippen LogP contribution in [0.25, 0.3) is 0 Å². The van der Waals surface area contributed by atoms with Gasteiger partial charge in [-0.1, -0.05) is 32.1 Å². The van der Waals surface area contributed by atoms with Crippen LogP contribution in [-0.4, -0.2) is 61.1 Å². The van der Waals surface area contributed by atoms with Crippen molar-refractivity contribution in [3.8, 4) is 0 Å². The third-order valence-electron chi connectivity index (χ3n) is 6.74. The fourth-order valence-corrected chi connectivity index (χ4v) is 5.27. The second-order valence-corrected chi connectivity index (χ2v) is 8.23. The summed E-state index contributed by atoms with van der Waals surface area (Å²) in [6, 6.07) is 1.48. The van der Waals surface area contributed by atoms with Crippen LogP contribution in [0, 0.1) is 11.8 Å². The minimum Gasteiger partial charge on any atom is -0.353 e. The van der Waals surface area contributed by atoms with Crippen molar-refractivity contribution in [2.24, 2.45) is 16.8 Å². The Kier molecular flexibility index (Phi) is 4.79. The second-order valence-electron chi connectivity index (χ2n) is 8.23. The van der Waals surface area contributed by atoms with E-state index in [2.05, 4.69) is 20.1 Å². The fraction of sp³-hybridized carbons (Fsp3) is 0.947. The summed E-state index contributed by atoms with van der Waals surface area (Å²) < 4.78 is 0. The molecule has 2 aliphatic heterocycles. The van der Waals surface area contributed by atoms with E-state index in [0.29, 0.717) is 6.04 Å². The molecule has 2 heterocycles. The van der Waals surface area contributed by atoms with Gasteiger partial charge in [-0.15, -0.1) is 0 Å². The smallest absolute Gasteiger partial charge is 0.193 e. The number of aliphatic imine (C=N–C) groups is 1. The molecule has 4 rings (SSSR count). The number of hydrogen-bond donors (Lipinski definition) is 1. The Labute approximate surface area is 141 Å². The van der Waals surface area contributed by atoms with E-state index in [1.165, 1.54) is 89.9 Å². The van der Waals surface area contributed by atoms with Crippen LogP contribution in [0.5, 0.6) is 0 Å². The van der Waals surface area contributed by atoms with E-state index in [0.717, 1.165) is 17.9 Å². The Hall–Kier alpha value is -0.770. The summed E-state index contributed by atoms with van der Waals surface area (Å²) in [7, 11) is 1.96. The van der Waals surface area contributed by atoms with Crippen molar-refractivity contribution in [1.29, 1.82) is 0 Å². The molecule has 2 aliphatic carbocycles. The van der Waals surface area contributed by atoms with Crippen LogP contribution in [0.3, 0.4) is 0 Å². The summed E-state index contributed by atoms with van der Waals surface area (Å²) in [6.45, 7) is 5.00. The Balaban J connectivity index is 1.27. The SMILES string of the molecule is CN=C(NC1CC1C1CCCCC1)N1CCC(N2CCCC2)C1. The average Bonchev–Trinajstić information content (AvgIpc) is 2.99. The molecule has 3 unspecified atom stereocenters.